The number of rotatable bonds is 9. The molecule has 0 aromatic carbocycles. The maximum Gasteiger partial charge on any atom is 0.211 e. The van der Waals surface area contributed by atoms with E-state index in [-0.39, 0.29) is 5.75 Å². The van der Waals surface area contributed by atoms with E-state index in [2.05, 4.69) is 23.9 Å². The lowest BCUT2D eigenvalue weighted by atomic mass is 9.96. The Kier molecular flexibility index (Phi) is 7.90. The minimum atomic E-state index is -3.13. The zero-order chi connectivity index (χ0) is 14.1. The molecule has 114 valence electrons. The maximum absolute atomic E-state index is 11.8. The summed E-state index contributed by atoms with van der Waals surface area (Å²) < 4.78 is 31.5. The van der Waals surface area contributed by atoms with Crippen molar-refractivity contribution in [2.24, 2.45) is 11.8 Å². The summed E-state index contributed by atoms with van der Waals surface area (Å²) in [6.07, 6.45) is 2.95. The van der Waals surface area contributed by atoms with Gasteiger partial charge < -0.3 is 10.1 Å². The van der Waals surface area contributed by atoms with Crippen LogP contribution >= 0.6 is 0 Å². The van der Waals surface area contributed by atoms with Crippen molar-refractivity contribution in [3.63, 3.8) is 0 Å². The molecule has 1 aliphatic rings. The highest BCUT2D eigenvalue weighted by molar-refractivity contribution is 7.89. The molecule has 0 saturated carbocycles. The molecule has 1 fully saturated rings. The van der Waals surface area contributed by atoms with Crippen LogP contribution < -0.4 is 10.0 Å². The van der Waals surface area contributed by atoms with Crippen LogP contribution in [-0.2, 0) is 14.8 Å². The molecule has 19 heavy (non-hydrogen) atoms. The zero-order valence-electron chi connectivity index (χ0n) is 12.2. The van der Waals surface area contributed by atoms with Crippen LogP contribution in [0.1, 0.15) is 33.1 Å². The van der Waals surface area contributed by atoms with Crippen molar-refractivity contribution in [1.82, 2.24) is 10.0 Å². The van der Waals surface area contributed by atoms with Gasteiger partial charge in [-0.05, 0) is 44.2 Å². The summed E-state index contributed by atoms with van der Waals surface area (Å²) in [5.74, 6) is 1.27. The van der Waals surface area contributed by atoms with E-state index in [0.29, 0.717) is 31.6 Å². The van der Waals surface area contributed by atoms with Gasteiger partial charge in [-0.2, -0.15) is 0 Å². The highest BCUT2D eigenvalue weighted by Crippen LogP contribution is 2.16. The van der Waals surface area contributed by atoms with Crippen LogP contribution in [0.3, 0.4) is 0 Å². The second kappa shape index (κ2) is 8.89. The number of piperidine rings is 1. The molecule has 0 spiro atoms. The van der Waals surface area contributed by atoms with Crippen molar-refractivity contribution < 1.29 is 13.2 Å². The smallest absolute Gasteiger partial charge is 0.211 e. The first-order chi connectivity index (χ1) is 8.99. The summed E-state index contributed by atoms with van der Waals surface area (Å²) in [4.78, 5) is 0. The largest absolute Gasteiger partial charge is 0.380 e. The molecule has 0 bridgehead atoms. The summed E-state index contributed by atoms with van der Waals surface area (Å²) in [6.45, 7) is 7.68. The SMILES string of the molecule is CC(C)COCCNS(=O)(=O)CCC1CCNCC1. The van der Waals surface area contributed by atoms with Gasteiger partial charge in [-0.1, -0.05) is 13.8 Å². The highest BCUT2D eigenvalue weighted by Gasteiger charge is 2.17. The van der Waals surface area contributed by atoms with Crippen molar-refractivity contribution in [2.45, 2.75) is 33.1 Å². The third-order valence-corrected chi connectivity index (χ3v) is 4.69. The Hall–Kier alpha value is -0.170. The third-order valence-electron chi connectivity index (χ3n) is 3.27. The van der Waals surface area contributed by atoms with Crippen molar-refractivity contribution >= 4 is 10.0 Å². The summed E-state index contributed by atoms with van der Waals surface area (Å²) in [6, 6.07) is 0. The number of sulfonamides is 1. The van der Waals surface area contributed by atoms with Gasteiger partial charge in [0.05, 0.1) is 12.4 Å². The molecular formula is C13H28N2O3S. The fourth-order valence-electron chi connectivity index (χ4n) is 2.15. The lowest BCUT2D eigenvalue weighted by Gasteiger charge is -2.22. The quantitative estimate of drug-likeness (QED) is 0.621. The first-order valence-electron chi connectivity index (χ1n) is 7.25. The molecule has 0 amide bonds. The van der Waals surface area contributed by atoms with Gasteiger partial charge in [0.25, 0.3) is 0 Å². The summed E-state index contributed by atoms with van der Waals surface area (Å²) in [5.41, 5.74) is 0. The van der Waals surface area contributed by atoms with Gasteiger partial charge in [0.15, 0.2) is 0 Å². The normalized spacial score (nSPS) is 18.1. The van der Waals surface area contributed by atoms with Gasteiger partial charge in [-0.3, -0.25) is 0 Å². The molecule has 1 aliphatic heterocycles. The molecule has 0 radical (unpaired) electrons. The number of hydrogen-bond donors (Lipinski definition) is 2. The fourth-order valence-corrected chi connectivity index (χ4v) is 3.34. The van der Waals surface area contributed by atoms with Crippen molar-refractivity contribution in [2.75, 3.05) is 38.6 Å². The first kappa shape index (κ1) is 16.9. The molecule has 0 aliphatic carbocycles. The summed E-state index contributed by atoms with van der Waals surface area (Å²) >= 11 is 0. The number of hydrogen-bond acceptors (Lipinski definition) is 4. The van der Waals surface area contributed by atoms with E-state index in [0.717, 1.165) is 32.4 Å². The fraction of sp³-hybridized carbons (Fsp3) is 1.00. The average Bonchev–Trinajstić information content (AvgIpc) is 2.37. The van der Waals surface area contributed by atoms with Crippen molar-refractivity contribution in [3.05, 3.63) is 0 Å². The van der Waals surface area contributed by atoms with Crippen LogP contribution in [0.2, 0.25) is 0 Å². The lowest BCUT2D eigenvalue weighted by Crippen LogP contribution is -2.33. The zero-order valence-corrected chi connectivity index (χ0v) is 13.0. The maximum atomic E-state index is 11.8. The molecule has 1 rings (SSSR count). The minimum absolute atomic E-state index is 0.238. The van der Waals surface area contributed by atoms with Gasteiger partial charge in [0.1, 0.15) is 0 Å². The van der Waals surface area contributed by atoms with E-state index in [1.807, 2.05) is 0 Å². The summed E-state index contributed by atoms with van der Waals surface area (Å²) in [7, 11) is -3.13. The molecule has 0 atom stereocenters. The van der Waals surface area contributed by atoms with Gasteiger partial charge in [0.2, 0.25) is 10.0 Å². The van der Waals surface area contributed by atoms with Crippen LogP contribution in [0, 0.1) is 11.8 Å². The average molecular weight is 292 g/mol. The van der Waals surface area contributed by atoms with Crippen LogP contribution in [-0.4, -0.2) is 47.0 Å². The topological polar surface area (TPSA) is 67.4 Å². The predicted octanol–water partition coefficient (Wildman–Crippen LogP) is 0.968. The van der Waals surface area contributed by atoms with Crippen LogP contribution in [0.4, 0.5) is 0 Å². The molecule has 1 saturated heterocycles. The monoisotopic (exact) mass is 292 g/mol. The van der Waals surface area contributed by atoms with Gasteiger partial charge in [-0.25, -0.2) is 13.1 Å². The molecule has 5 nitrogen and oxygen atoms in total. The molecule has 0 unspecified atom stereocenters. The highest BCUT2D eigenvalue weighted by atomic mass is 32.2. The Morgan fingerprint density at radius 1 is 1.32 bits per heavy atom. The molecule has 1 heterocycles. The van der Waals surface area contributed by atoms with E-state index in [1.165, 1.54) is 0 Å². The Balaban J connectivity index is 2.09. The van der Waals surface area contributed by atoms with E-state index in [4.69, 9.17) is 4.74 Å². The first-order valence-corrected chi connectivity index (χ1v) is 8.90. The van der Waals surface area contributed by atoms with Gasteiger partial charge in [0, 0.05) is 13.2 Å². The van der Waals surface area contributed by atoms with Crippen LogP contribution in [0.5, 0.6) is 0 Å². The van der Waals surface area contributed by atoms with E-state index < -0.39 is 10.0 Å². The standard InChI is InChI=1S/C13H28N2O3S/c1-12(2)11-18-9-8-15-19(16,17)10-5-13-3-6-14-7-4-13/h12-15H,3-11H2,1-2H3. The summed E-state index contributed by atoms with van der Waals surface area (Å²) in [5, 5.41) is 3.29. The van der Waals surface area contributed by atoms with E-state index >= 15 is 0 Å². The van der Waals surface area contributed by atoms with E-state index in [9.17, 15) is 8.42 Å². The minimum Gasteiger partial charge on any atom is -0.380 e. The second-order valence-corrected chi connectivity index (χ2v) is 7.59. The Morgan fingerprint density at radius 3 is 2.63 bits per heavy atom. The number of nitrogens with one attached hydrogen (secondary N) is 2. The molecule has 6 heteroatoms. The Bertz CT molecular complexity index is 325. The van der Waals surface area contributed by atoms with Crippen LogP contribution in [0.25, 0.3) is 0 Å². The molecule has 0 aromatic heterocycles. The molecular weight excluding hydrogens is 264 g/mol. The third kappa shape index (κ3) is 8.57. The molecule has 2 N–H and O–H groups in total. The van der Waals surface area contributed by atoms with Crippen molar-refractivity contribution in [1.29, 1.82) is 0 Å². The van der Waals surface area contributed by atoms with Crippen molar-refractivity contribution in [3.8, 4) is 0 Å². The number of ether oxygens (including phenoxy) is 1. The Labute approximate surface area is 117 Å². The predicted molar refractivity (Wildman–Crippen MR) is 77.7 cm³/mol. The van der Waals surface area contributed by atoms with Gasteiger partial charge in [-0.15, -0.1) is 0 Å². The Morgan fingerprint density at radius 2 is 2.00 bits per heavy atom. The lowest BCUT2D eigenvalue weighted by molar-refractivity contribution is 0.114. The van der Waals surface area contributed by atoms with Crippen LogP contribution in [0.15, 0.2) is 0 Å². The second-order valence-electron chi connectivity index (χ2n) is 5.66. The van der Waals surface area contributed by atoms with E-state index in [1.54, 1.807) is 0 Å². The van der Waals surface area contributed by atoms with Gasteiger partial charge >= 0.3 is 0 Å². The molecule has 0 aromatic rings.